The molecule has 1 aromatic carbocycles. The Balaban J connectivity index is 2.07. The lowest BCUT2D eigenvalue weighted by Gasteiger charge is -2.35. The molecule has 0 aromatic heterocycles. The molecule has 4 N–H and O–H groups in total. The summed E-state index contributed by atoms with van der Waals surface area (Å²) >= 11 is 0. The predicted molar refractivity (Wildman–Crippen MR) is 79.7 cm³/mol. The Morgan fingerprint density at radius 1 is 1.30 bits per heavy atom. The van der Waals surface area contributed by atoms with Crippen molar-refractivity contribution in [2.24, 2.45) is 5.84 Å². The number of nitrogens with one attached hydrogen (secondary N) is 2. The highest BCUT2D eigenvalue weighted by Crippen LogP contribution is 2.19. The van der Waals surface area contributed by atoms with E-state index in [2.05, 4.69) is 29.0 Å². The van der Waals surface area contributed by atoms with Crippen molar-refractivity contribution in [2.75, 3.05) is 19.0 Å². The molecule has 1 aliphatic heterocycles. The molecular weight excluding hydrogens is 276 g/mol. The zero-order valence-electron chi connectivity index (χ0n) is 11.8. The molecule has 20 heavy (non-hydrogen) atoms. The van der Waals surface area contributed by atoms with Crippen molar-refractivity contribution in [1.82, 2.24) is 9.62 Å². The van der Waals surface area contributed by atoms with Crippen LogP contribution >= 0.6 is 0 Å². The van der Waals surface area contributed by atoms with E-state index >= 15 is 0 Å². The zero-order chi connectivity index (χ0) is 14.8. The molecule has 1 fully saturated rings. The fourth-order valence-electron chi connectivity index (χ4n) is 2.41. The minimum atomic E-state index is -3.46. The molecule has 0 radical (unpaired) electrons. The highest BCUT2D eigenvalue weighted by atomic mass is 32.2. The molecule has 1 aliphatic rings. The summed E-state index contributed by atoms with van der Waals surface area (Å²) < 4.78 is 27.4. The average molecular weight is 298 g/mol. The average Bonchev–Trinajstić information content (AvgIpc) is 2.43. The SMILES string of the molecule is CC1CC(NS(=O)(=O)c2ccc(NN)cc2)CCN1C. The third-order valence-electron chi connectivity index (χ3n) is 3.86. The molecule has 0 bridgehead atoms. The van der Waals surface area contributed by atoms with E-state index in [9.17, 15) is 8.42 Å². The zero-order valence-corrected chi connectivity index (χ0v) is 12.7. The van der Waals surface area contributed by atoms with E-state index in [-0.39, 0.29) is 10.9 Å². The molecule has 0 amide bonds. The Labute approximate surface area is 120 Å². The molecule has 7 heteroatoms. The van der Waals surface area contributed by atoms with Crippen LogP contribution < -0.4 is 16.0 Å². The number of nitrogens with two attached hydrogens (primary N) is 1. The molecule has 1 aromatic rings. The van der Waals surface area contributed by atoms with Crippen LogP contribution in [0.5, 0.6) is 0 Å². The van der Waals surface area contributed by atoms with Gasteiger partial charge in [0.25, 0.3) is 0 Å². The maximum atomic E-state index is 12.3. The van der Waals surface area contributed by atoms with Gasteiger partial charge in [-0.15, -0.1) is 0 Å². The predicted octanol–water partition coefficient (Wildman–Crippen LogP) is 0.733. The molecule has 1 saturated heterocycles. The van der Waals surface area contributed by atoms with Gasteiger partial charge < -0.3 is 10.3 Å². The van der Waals surface area contributed by atoms with Gasteiger partial charge in [0.15, 0.2) is 0 Å². The van der Waals surface area contributed by atoms with Gasteiger partial charge in [0.1, 0.15) is 0 Å². The van der Waals surface area contributed by atoms with Crippen LogP contribution in [-0.2, 0) is 10.0 Å². The molecule has 1 heterocycles. The van der Waals surface area contributed by atoms with Crippen molar-refractivity contribution < 1.29 is 8.42 Å². The number of benzene rings is 1. The molecule has 0 spiro atoms. The monoisotopic (exact) mass is 298 g/mol. The van der Waals surface area contributed by atoms with Gasteiger partial charge in [0.05, 0.1) is 4.90 Å². The Morgan fingerprint density at radius 2 is 1.95 bits per heavy atom. The van der Waals surface area contributed by atoms with Gasteiger partial charge in [-0.2, -0.15) is 0 Å². The van der Waals surface area contributed by atoms with Crippen LogP contribution in [0.25, 0.3) is 0 Å². The largest absolute Gasteiger partial charge is 0.324 e. The van der Waals surface area contributed by atoms with Crippen molar-refractivity contribution in [2.45, 2.75) is 36.7 Å². The molecule has 6 nitrogen and oxygen atoms in total. The lowest BCUT2D eigenvalue weighted by molar-refractivity contribution is 0.178. The standard InChI is InChI=1S/C13H22N4O2S/c1-10-9-12(7-8-17(10)2)16-20(18,19)13-5-3-11(15-14)4-6-13/h3-6,10,12,15-16H,7-9,14H2,1-2H3. The van der Waals surface area contributed by atoms with Crippen molar-refractivity contribution in [3.63, 3.8) is 0 Å². The van der Waals surface area contributed by atoms with Crippen molar-refractivity contribution >= 4 is 15.7 Å². The Kier molecular flexibility index (Phi) is 4.64. The van der Waals surface area contributed by atoms with Crippen LogP contribution in [0.2, 0.25) is 0 Å². The third kappa shape index (κ3) is 3.49. The number of sulfonamides is 1. The molecule has 112 valence electrons. The van der Waals surface area contributed by atoms with Crippen molar-refractivity contribution in [3.8, 4) is 0 Å². The highest BCUT2D eigenvalue weighted by molar-refractivity contribution is 7.89. The molecule has 0 saturated carbocycles. The number of hydrogen-bond donors (Lipinski definition) is 3. The smallest absolute Gasteiger partial charge is 0.240 e. The lowest BCUT2D eigenvalue weighted by atomic mass is 10.0. The van der Waals surface area contributed by atoms with Gasteiger partial charge in [-0.25, -0.2) is 13.1 Å². The van der Waals surface area contributed by atoms with Crippen molar-refractivity contribution in [3.05, 3.63) is 24.3 Å². The molecule has 2 unspecified atom stereocenters. The number of hydrazine groups is 1. The van der Waals surface area contributed by atoms with Crippen LogP contribution in [0.3, 0.4) is 0 Å². The van der Waals surface area contributed by atoms with Gasteiger partial charge in [-0.3, -0.25) is 5.84 Å². The van der Waals surface area contributed by atoms with Gasteiger partial charge in [-0.05, 0) is 57.6 Å². The van der Waals surface area contributed by atoms with E-state index < -0.39 is 10.0 Å². The fourth-order valence-corrected chi connectivity index (χ4v) is 3.70. The van der Waals surface area contributed by atoms with E-state index in [1.807, 2.05) is 0 Å². The lowest BCUT2D eigenvalue weighted by Crippen LogP contribution is -2.47. The molecular formula is C13H22N4O2S. The quantitative estimate of drug-likeness (QED) is 0.563. The van der Waals surface area contributed by atoms with E-state index in [0.717, 1.165) is 19.4 Å². The minimum absolute atomic E-state index is 0.00138. The van der Waals surface area contributed by atoms with Gasteiger partial charge in [0.2, 0.25) is 10.0 Å². The molecule has 0 aliphatic carbocycles. The number of nitrogen functional groups attached to an aromatic ring is 1. The third-order valence-corrected chi connectivity index (χ3v) is 5.40. The summed E-state index contributed by atoms with van der Waals surface area (Å²) in [5, 5.41) is 0. The second-order valence-electron chi connectivity index (χ2n) is 5.34. The summed E-state index contributed by atoms with van der Waals surface area (Å²) in [6, 6.07) is 6.78. The first-order valence-corrected chi connectivity index (χ1v) is 8.20. The highest BCUT2D eigenvalue weighted by Gasteiger charge is 2.26. The summed E-state index contributed by atoms with van der Waals surface area (Å²) in [6.45, 7) is 3.02. The topological polar surface area (TPSA) is 87.5 Å². The van der Waals surface area contributed by atoms with Crippen LogP contribution in [0, 0.1) is 0 Å². The fraction of sp³-hybridized carbons (Fsp3) is 0.538. The normalized spacial score (nSPS) is 24.6. The van der Waals surface area contributed by atoms with E-state index in [1.165, 1.54) is 0 Å². The van der Waals surface area contributed by atoms with E-state index in [4.69, 9.17) is 5.84 Å². The number of hydrogen-bond acceptors (Lipinski definition) is 5. The summed E-state index contributed by atoms with van der Waals surface area (Å²) in [4.78, 5) is 2.51. The molecule has 2 rings (SSSR count). The minimum Gasteiger partial charge on any atom is -0.324 e. The number of likely N-dealkylation sites (tertiary alicyclic amines) is 1. The second kappa shape index (κ2) is 6.09. The van der Waals surface area contributed by atoms with Crippen LogP contribution in [0.1, 0.15) is 19.8 Å². The Hall–Kier alpha value is -1.15. The number of anilines is 1. The number of piperidine rings is 1. The van der Waals surface area contributed by atoms with Gasteiger partial charge in [-0.1, -0.05) is 0 Å². The maximum absolute atomic E-state index is 12.3. The van der Waals surface area contributed by atoms with E-state index in [0.29, 0.717) is 11.7 Å². The first-order chi connectivity index (χ1) is 9.42. The number of rotatable bonds is 4. The first kappa shape index (κ1) is 15.2. The van der Waals surface area contributed by atoms with Crippen LogP contribution in [0.15, 0.2) is 29.2 Å². The second-order valence-corrected chi connectivity index (χ2v) is 7.05. The Bertz CT molecular complexity index is 544. The summed E-state index contributed by atoms with van der Waals surface area (Å²) in [5.41, 5.74) is 3.15. The van der Waals surface area contributed by atoms with Gasteiger partial charge >= 0.3 is 0 Å². The maximum Gasteiger partial charge on any atom is 0.240 e. The number of nitrogens with zero attached hydrogens (tertiary/aromatic N) is 1. The van der Waals surface area contributed by atoms with Crippen LogP contribution in [0.4, 0.5) is 5.69 Å². The first-order valence-electron chi connectivity index (χ1n) is 6.71. The summed E-state index contributed by atoms with van der Waals surface area (Å²) in [5.74, 6) is 5.27. The Morgan fingerprint density at radius 3 is 2.50 bits per heavy atom. The van der Waals surface area contributed by atoms with Crippen molar-refractivity contribution in [1.29, 1.82) is 0 Å². The van der Waals surface area contributed by atoms with E-state index in [1.54, 1.807) is 24.3 Å². The van der Waals surface area contributed by atoms with Crippen LogP contribution in [-0.4, -0.2) is 39.0 Å². The molecule has 2 atom stereocenters. The summed E-state index contributed by atoms with van der Waals surface area (Å²) in [7, 11) is -1.40. The van der Waals surface area contributed by atoms with Gasteiger partial charge in [0, 0.05) is 17.8 Å². The summed E-state index contributed by atoms with van der Waals surface area (Å²) in [6.07, 6.45) is 1.67.